The van der Waals surface area contributed by atoms with Crippen LogP contribution in [-0.4, -0.2) is 31.1 Å². The van der Waals surface area contributed by atoms with Gasteiger partial charge in [-0.15, -0.1) is 0 Å². The van der Waals surface area contributed by atoms with E-state index in [-0.39, 0.29) is 19.1 Å². The van der Waals surface area contributed by atoms with Crippen LogP contribution < -0.4 is 20.1 Å². The number of rotatable bonds is 4. The zero-order chi connectivity index (χ0) is 17.8. The lowest BCUT2D eigenvalue weighted by molar-refractivity contribution is -0.131. The number of fused-ring (bicyclic) bond motifs is 1. The summed E-state index contributed by atoms with van der Waals surface area (Å²) in [5.41, 5.74) is 1.38. The number of ether oxygens (including phenoxy) is 2. The minimum atomic E-state index is -0.796. The van der Waals surface area contributed by atoms with Crippen LogP contribution in [0.25, 0.3) is 0 Å². The topological polar surface area (TPSA) is 76.7 Å². The Morgan fingerprint density at radius 3 is 2.72 bits per heavy atom. The summed E-state index contributed by atoms with van der Waals surface area (Å²) in [5, 5.41) is 5.83. The first kappa shape index (κ1) is 17.1. The third-order valence-corrected chi connectivity index (χ3v) is 4.18. The molecule has 2 N–H and O–H groups in total. The number of hydrogen-bond donors (Lipinski definition) is 2. The van der Waals surface area contributed by atoms with Gasteiger partial charge in [-0.3, -0.25) is 9.59 Å². The second-order valence-electron chi connectivity index (χ2n) is 5.54. The van der Waals surface area contributed by atoms with Crippen molar-refractivity contribution < 1.29 is 19.1 Å². The maximum absolute atomic E-state index is 12.2. The average Bonchev–Trinajstić information content (AvgIpc) is 2.63. The van der Waals surface area contributed by atoms with Crippen LogP contribution >= 0.6 is 11.6 Å². The van der Waals surface area contributed by atoms with Crippen LogP contribution in [0.3, 0.4) is 0 Å². The minimum Gasteiger partial charge on any atom is -0.485 e. The molecule has 1 atom stereocenters. The van der Waals surface area contributed by atoms with Crippen molar-refractivity contribution in [2.75, 3.05) is 18.5 Å². The van der Waals surface area contributed by atoms with Crippen molar-refractivity contribution in [3.8, 4) is 11.5 Å². The summed E-state index contributed by atoms with van der Waals surface area (Å²) < 4.78 is 11.1. The Labute approximate surface area is 150 Å². The fourth-order valence-corrected chi connectivity index (χ4v) is 2.54. The Hall–Kier alpha value is -2.73. The Morgan fingerprint density at radius 2 is 1.92 bits per heavy atom. The maximum Gasteiger partial charge on any atom is 0.265 e. The first-order valence-corrected chi connectivity index (χ1v) is 8.13. The second kappa shape index (κ2) is 7.44. The number of amides is 2. The Balaban J connectivity index is 1.52. The second-order valence-corrected chi connectivity index (χ2v) is 5.95. The average molecular weight is 361 g/mol. The van der Waals surface area contributed by atoms with Gasteiger partial charge in [0.2, 0.25) is 12.0 Å². The van der Waals surface area contributed by atoms with Crippen LogP contribution in [0.5, 0.6) is 11.5 Å². The van der Waals surface area contributed by atoms with E-state index in [1.54, 1.807) is 43.3 Å². The molecular weight excluding hydrogens is 344 g/mol. The van der Waals surface area contributed by atoms with Crippen molar-refractivity contribution in [1.29, 1.82) is 0 Å². The molecule has 6 nitrogen and oxygen atoms in total. The quantitative estimate of drug-likeness (QED) is 0.878. The van der Waals surface area contributed by atoms with Crippen LogP contribution in [0.1, 0.15) is 5.56 Å². The van der Waals surface area contributed by atoms with Gasteiger partial charge >= 0.3 is 0 Å². The molecule has 0 saturated carbocycles. The first-order chi connectivity index (χ1) is 12.0. The van der Waals surface area contributed by atoms with Gasteiger partial charge in [-0.1, -0.05) is 29.8 Å². The van der Waals surface area contributed by atoms with Gasteiger partial charge < -0.3 is 20.1 Å². The Bertz CT molecular complexity index is 809. The smallest absolute Gasteiger partial charge is 0.265 e. The van der Waals surface area contributed by atoms with E-state index < -0.39 is 12.0 Å². The summed E-state index contributed by atoms with van der Waals surface area (Å²) in [4.78, 5) is 24.2. The lowest BCUT2D eigenvalue weighted by Crippen LogP contribution is -2.46. The molecule has 0 aromatic heterocycles. The van der Waals surface area contributed by atoms with Gasteiger partial charge in [0.15, 0.2) is 11.5 Å². The highest BCUT2D eigenvalue weighted by Crippen LogP contribution is 2.30. The third kappa shape index (κ3) is 4.03. The van der Waals surface area contributed by atoms with E-state index in [1.807, 2.05) is 6.07 Å². The van der Waals surface area contributed by atoms with E-state index in [0.29, 0.717) is 22.2 Å². The van der Waals surface area contributed by atoms with Crippen LogP contribution in [0, 0.1) is 6.92 Å². The van der Waals surface area contributed by atoms with E-state index in [1.165, 1.54) is 0 Å². The first-order valence-electron chi connectivity index (χ1n) is 7.76. The molecule has 0 radical (unpaired) electrons. The molecule has 0 saturated heterocycles. The van der Waals surface area contributed by atoms with E-state index in [2.05, 4.69) is 10.6 Å². The SMILES string of the molecule is Cc1c(Cl)cccc1NC(=O)CNC(=O)[C@H]1COc2ccccc2O1. The van der Waals surface area contributed by atoms with Gasteiger partial charge in [-0.2, -0.15) is 0 Å². The zero-order valence-corrected chi connectivity index (χ0v) is 14.3. The standard InChI is InChI=1S/C18H17ClN2O4/c1-11-12(19)5-4-6-13(11)21-17(22)9-20-18(23)16-10-24-14-7-2-3-8-15(14)25-16/h2-8,16H,9-10H2,1H3,(H,20,23)(H,21,22)/t16-/m1/s1. The molecule has 0 aliphatic carbocycles. The molecule has 2 aromatic rings. The number of benzene rings is 2. The summed E-state index contributed by atoms with van der Waals surface area (Å²) in [5.74, 6) is 0.344. The summed E-state index contributed by atoms with van der Waals surface area (Å²) in [7, 11) is 0. The summed E-state index contributed by atoms with van der Waals surface area (Å²) in [6, 6.07) is 12.3. The van der Waals surface area contributed by atoms with E-state index >= 15 is 0 Å². The molecule has 7 heteroatoms. The molecule has 1 aliphatic heterocycles. The van der Waals surface area contributed by atoms with Crippen molar-refractivity contribution in [2.24, 2.45) is 0 Å². The normalized spacial score (nSPS) is 15.4. The van der Waals surface area contributed by atoms with Crippen LogP contribution in [0.2, 0.25) is 5.02 Å². The highest BCUT2D eigenvalue weighted by Gasteiger charge is 2.27. The summed E-state index contributed by atoms with van der Waals surface area (Å²) in [6.45, 7) is 1.73. The highest BCUT2D eigenvalue weighted by molar-refractivity contribution is 6.31. The molecule has 0 spiro atoms. The van der Waals surface area contributed by atoms with Crippen molar-refractivity contribution in [2.45, 2.75) is 13.0 Å². The maximum atomic E-state index is 12.2. The molecule has 1 heterocycles. The molecule has 130 valence electrons. The Morgan fingerprint density at radius 1 is 1.16 bits per heavy atom. The fraction of sp³-hybridized carbons (Fsp3) is 0.222. The van der Waals surface area contributed by atoms with Gasteiger partial charge in [-0.05, 0) is 36.8 Å². The van der Waals surface area contributed by atoms with Crippen molar-refractivity contribution >= 4 is 29.1 Å². The molecule has 0 unspecified atom stereocenters. The molecule has 25 heavy (non-hydrogen) atoms. The van der Waals surface area contributed by atoms with Crippen LogP contribution in [0.4, 0.5) is 5.69 Å². The summed E-state index contributed by atoms with van der Waals surface area (Å²) >= 11 is 6.02. The van der Waals surface area contributed by atoms with Crippen molar-refractivity contribution in [1.82, 2.24) is 5.32 Å². The number of halogens is 1. The van der Waals surface area contributed by atoms with Crippen molar-refractivity contribution in [3.05, 3.63) is 53.1 Å². The van der Waals surface area contributed by atoms with Gasteiger partial charge in [0, 0.05) is 10.7 Å². The molecule has 0 bridgehead atoms. The number of carbonyl (C=O) groups is 2. The highest BCUT2D eigenvalue weighted by atomic mass is 35.5. The number of anilines is 1. The Kier molecular flexibility index (Phi) is 5.09. The third-order valence-electron chi connectivity index (χ3n) is 3.77. The number of para-hydroxylation sites is 2. The predicted molar refractivity (Wildman–Crippen MR) is 94.2 cm³/mol. The molecule has 0 fully saturated rings. The van der Waals surface area contributed by atoms with E-state index in [4.69, 9.17) is 21.1 Å². The van der Waals surface area contributed by atoms with Gasteiger partial charge in [-0.25, -0.2) is 0 Å². The number of nitrogens with one attached hydrogen (secondary N) is 2. The van der Waals surface area contributed by atoms with Crippen molar-refractivity contribution in [3.63, 3.8) is 0 Å². The van der Waals surface area contributed by atoms with E-state index in [9.17, 15) is 9.59 Å². The monoisotopic (exact) mass is 360 g/mol. The minimum absolute atomic E-state index is 0.0951. The molecule has 2 aromatic carbocycles. The van der Waals surface area contributed by atoms with Crippen LogP contribution in [0.15, 0.2) is 42.5 Å². The lowest BCUT2D eigenvalue weighted by atomic mass is 10.2. The molecule has 1 aliphatic rings. The fourth-order valence-electron chi connectivity index (χ4n) is 2.37. The van der Waals surface area contributed by atoms with E-state index in [0.717, 1.165) is 5.56 Å². The van der Waals surface area contributed by atoms with Gasteiger partial charge in [0.05, 0.1) is 6.54 Å². The summed E-state index contributed by atoms with van der Waals surface area (Å²) in [6.07, 6.45) is -0.796. The number of hydrogen-bond acceptors (Lipinski definition) is 4. The predicted octanol–water partition coefficient (Wildman–Crippen LogP) is 2.54. The lowest BCUT2D eigenvalue weighted by Gasteiger charge is -2.25. The number of carbonyl (C=O) groups excluding carboxylic acids is 2. The molecular formula is C18H17ClN2O4. The van der Waals surface area contributed by atoms with Gasteiger partial charge in [0.25, 0.3) is 5.91 Å². The largest absolute Gasteiger partial charge is 0.485 e. The zero-order valence-electron chi connectivity index (χ0n) is 13.5. The molecule has 2 amide bonds. The van der Waals surface area contributed by atoms with Gasteiger partial charge in [0.1, 0.15) is 6.61 Å². The van der Waals surface area contributed by atoms with Crippen LogP contribution in [-0.2, 0) is 9.59 Å². The molecule has 3 rings (SSSR count).